The first-order chi connectivity index (χ1) is 8.06. The fourth-order valence-corrected chi connectivity index (χ4v) is 1.95. The Bertz CT molecular complexity index is 524. The van der Waals surface area contributed by atoms with Crippen molar-refractivity contribution in [3.63, 3.8) is 0 Å². The van der Waals surface area contributed by atoms with Crippen molar-refractivity contribution in [2.75, 3.05) is 5.32 Å². The van der Waals surface area contributed by atoms with Gasteiger partial charge in [0.1, 0.15) is 5.82 Å². The molecule has 0 radical (unpaired) electrons. The van der Waals surface area contributed by atoms with E-state index in [4.69, 9.17) is 0 Å². The number of anilines is 1. The van der Waals surface area contributed by atoms with Crippen molar-refractivity contribution in [3.05, 3.63) is 46.4 Å². The van der Waals surface area contributed by atoms with Crippen LogP contribution in [-0.4, -0.2) is 9.78 Å². The van der Waals surface area contributed by atoms with Crippen LogP contribution < -0.4 is 5.32 Å². The van der Waals surface area contributed by atoms with Crippen LogP contribution in [0.3, 0.4) is 0 Å². The molecule has 0 spiro atoms. The molecule has 0 saturated carbocycles. The molecule has 0 aliphatic heterocycles. The lowest BCUT2D eigenvalue weighted by Gasteiger charge is -2.15. The molecule has 0 aliphatic rings. The smallest absolute Gasteiger partial charge is 0.125 e. The van der Waals surface area contributed by atoms with Crippen molar-refractivity contribution < 1.29 is 4.39 Å². The number of benzene rings is 1. The minimum absolute atomic E-state index is 0.0711. The summed E-state index contributed by atoms with van der Waals surface area (Å²) >= 11 is 3.39. The third-order valence-corrected chi connectivity index (χ3v) is 3.22. The van der Waals surface area contributed by atoms with Crippen LogP contribution in [0.25, 0.3) is 0 Å². The molecule has 0 fully saturated rings. The fourth-order valence-electron chi connectivity index (χ4n) is 1.59. The summed E-state index contributed by atoms with van der Waals surface area (Å²) in [6.07, 6.45) is 3.73. The summed E-state index contributed by atoms with van der Waals surface area (Å²) in [5, 5.41) is 7.35. The zero-order valence-electron chi connectivity index (χ0n) is 9.61. The second-order valence-corrected chi connectivity index (χ2v) is 4.79. The van der Waals surface area contributed by atoms with Gasteiger partial charge < -0.3 is 5.32 Å². The molecule has 17 heavy (non-hydrogen) atoms. The molecule has 3 nitrogen and oxygen atoms in total. The number of aryl methyl sites for hydroxylation is 1. The zero-order chi connectivity index (χ0) is 12.4. The molecule has 0 saturated heterocycles. The number of nitrogens with zero attached hydrogens (tertiary/aromatic N) is 2. The Kier molecular flexibility index (Phi) is 3.47. The second-order valence-electron chi connectivity index (χ2n) is 3.94. The van der Waals surface area contributed by atoms with Crippen molar-refractivity contribution in [1.82, 2.24) is 9.78 Å². The highest BCUT2D eigenvalue weighted by Crippen LogP contribution is 2.27. The maximum Gasteiger partial charge on any atom is 0.125 e. The summed E-state index contributed by atoms with van der Waals surface area (Å²) in [7, 11) is 1.87. The molecule has 1 aromatic heterocycles. The Balaban J connectivity index is 2.18. The first-order valence-corrected chi connectivity index (χ1v) is 6.05. The van der Waals surface area contributed by atoms with Crippen molar-refractivity contribution in [2.24, 2.45) is 7.05 Å². The average Bonchev–Trinajstić information content (AvgIpc) is 2.70. The summed E-state index contributed by atoms with van der Waals surface area (Å²) in [5.74, 6) is -0.255. The minimum atomic E-state index is -0.255. The van der Waals surface area contributed by atoms with Crippen LogP contribution in [0, 0.1) is 5.82 Å². The van der Waals surface area contributed by atoms with Crippen LogP contribution in [0.15, 0.2) is 35.1 Å². The van der Waals surface area contributed by atoms with Gasteiger partial charge in [-0.25, -0.2) is 4.39 Å². The third-order valence-electron chi connectivity index (χ3n) is 2.53. The predicted molar refractivity (Wildman–Crippen MR) is 69.3 cm³/mol. The maximum absolute atomic E-state index is 13.1. The summed E-state index contributed by atoms with van der Waals surface area (Å²) in [5.41, 5.74) is 1.80. The number of hydrogen-bond acceptors (Lipinski definition) is 2. The van der Waals surface area contributed by atoms with E-state index in [0.29, 0.717) is 0 Å². The highest BCUT2D eigenvalue weighted by molar-refractivity contribution is 9.10. The lowest BCUT2D eigenvalue weighted by atomic mass is 10.2. The van der Waals surface area contributed by atoms with E-state index in [9.17, 15) is 4.39 Å². The van der Waals surface area contributed by atoms with Crippen molar-refractivity contribution in [3.8, 4) is 0 Å². The maximum atomic E-state index is 13.1. The van der Waals surface area contributed by atoms with Crippen LogP contribution >= 0.6 is 15.9 Å². The zero-order valence-corrected chi connectivity index (χ0v) is 11.2. The summed E-state index contributed by atoms with van der Waals surface area (Å²) < 4.78 is 15.7. The van der Waals surface area contributed by atoms with Crippen molar-refractivity contribution >= 4 is 21.6 Å². The highest BCUT2D eigenvalue weighted by atomic mass is 79.9. The largest absolute Gasteiger partial charge is 0.377 e. The van der Waals surface area contributed by atoms with Crippen LogP contribution in [0.1, 0.15) is 18.5 Å². The van der Waals surface area contributed by atoms with Crippen molar-refractivity contribution in [1.29, 1.82) is 0 Å². The van der Waals surface area contributed by atoms with E-state index in [1.807, 2.05) is 20.2 Å². The molecule has 1 atom stereocenters. The van der Waals surface area contributed by atoms with Gasteiger partial charge in [0.25, 0.3) is 0 Å². The number of halogens is 2. The quantitative estimate of drug-likeness (QED) is 0.940. The van der Waals surface area contributed by atoms with E-state index in [0.717, 1.165) is 15.7 Å². The molecular formula is C12H13BrFN3. The first kappa shape index (κ1) is 12.1. The van der Waals surface area contributed by atoms with Gasteiger partial charge in [-0.1, -0.05) is 0 Å². The third kappa shape index (κ3) is 2.85. The lowest BCUT2D eigenvalue weighted by Crippen LogP contribution is -2.06. The van der Waals surface area contributed by atoms with Gasteiger partial charge in [0.2, 0.25) is 0 Å². The topological polar surface area (TPSA) is 29.9 Å². The van der Waals surface area contributed by atoms with Crippen LogP contribution in [-0.2, 0) is 7.05 Å². The Labute approximate surface area is 108 Å². The molecule has 1 heterocycles. The molecule has 1 unspecified atom stereocenters. The van der Waals surface area contributed by atoms with E-state index in [1.54, 1.807) is 16.9 Å². The van der Waals surface area contributed by atoms with Crippen LogP contribution in [0.5, 0.6) is 0 Å². The highest BCUT2D eigenvalue weighted by Gasteiger charge is 2.09. The standard InChI is InChI=1S/C12H13BrFN3/c1-8(9-6-15-17(2)7-9)16-12-5-10(14)3-4-11(12)13/h3-8,16H,1-2H3. The van der Waals surface area contributed by atoms with E-state index in [2.05, 4.69) is 26.3 Å². The van der Waals surface area contributed by atoms with Crippen molar-refractivity contribution in [2.45, 2.75) is 13.0 Å². The Hall–Kier alpha value is -1.36. The van der Waals surface area contributed by atoms with E-state index < -0.39 is 0 Å². The van der Waals surface area contributed by atoms with Gasteiger partial charge in [-0.15, -0.1) is 0 Å². The summed E-state index contributed by atoms with van der Waals surface area (Å²) in [6.45, 7) is 2.01. The van der Waals surface area contributed by atoms with E-state index >= 15 is 0 Å². The van der Waals surface area contributed by atoms with Crippen LogP contribution in [0.4, 0.5) is 10.1 Å². The second kappa shape index (κ2) is 4.87. The number of nitrogens with one attached hydrogen (secondary N) is 1. The minimum Gasteiger partial charge on any atom is -0.377 e. The Morgan fingerprint density at radius 3 is 2.88 bits per heavy atom. The van der Waals surface area contributed by atoms with Gasteiger partial charge >= 0.3 is 0 Å². The Morgan fingerprint density at radius 2 is 2.24 bits per heavy atom. The molecule has 0 amide bonds. The van der Waals surface area contributed by atoms with Crippen LogP contribution in [0.2, 0.25) is 0 Å². The molecule has 0 aliphatic carbocycles. The normalized spacial score (nSPS) is 12.5. The van der Waals surface area contributed by atoms with Gasteiger partial charge in [-0.05, 0) is 41.1 Å². The van der Waals surface area contributed by atoms with Gasteiger partial charge in [0.05, 0.1) is 17.9 Å². The Morgan fingerprint density at radius 1 is 1.47 bits per heavy atom. The number of rotatable bonds is 3. The number of hydrogen-bond donors (Lipinski definition) is 1. The lowest BCUT2D eigenvalue weighted by molar-refractivity contribution is 0.627. The summed E-state index contributed by atoms with van der Waals surface area (Å²) in [6, 6.07) is 4.65. The van der Waals surface area contributed by atoms with E-state index in [-0.39, 0.29) is 11.9 Å². The van der Waals surface area contributed by atoms with E-state index in [1.165, 1.54) is 12.1 Å². The van der Waals surface area contributed by atoms with Gasteiger partial charge in [0.15, 0.2) is 0 Å². The molecule has 0 bridgehead atoms. The molecule has 2 aromatic rings. The molecule has 90 valence electrons. The first-order valence-electron chi connectivity index (χ1n) is 5.26. The van der Waals surface area contributed by atoms with Gasteiger partial charge in [-0.3, -0.25) is 4.68 Å². The molecule has 1 N–H and O–H groups in total. The molecule has 1 aromatic carbocycles. The molecule has 5 heteroatoms. The summed E-state index contributed by atoms with van der Waals surface area (Å²) in [4.78, 5) is 0. The molecular weight excluding hydrogens is 285 g/mol. The predicted octanol–water partition coefficient (Wildman–Crippen LogP) is 3.49. The average molecular weight is 298 g/mol. The van der Waals surface area contributed by atoms with Gasteiger partial charge in [0, 0.05) is 23.3 Å². The SMILES string of the molecule is CC(Nc1cc(F)ccc1Br)c1cnn(C)c1. The van der Waals surface area contributed by atoms with Gasteiger partial charge in [-0.2, -0.15) is 5.10 Å². The monoisotopic (exact) mass is 297 g/mol. The number of aromatic nitrogens is 2. The molecule has 2 rings (SSSR count). The fraction of sp³-hybridized carbons (Fsp3) is 0.250.